The number of carbonyl (C=O) groups excluding carboxylic acids is 1. The third kappa shape index (κ3) is 3.70. The Labute approximate surface area is 122 Å². The zero-order chi connectivity index (χ0) is 13.8. The van der Waals surface area contributed by atoms with E-state index in [0.717, 1.165) is 24.0 Å². The Bertz CT molecular complexity index is 453. The SMILES string of the molecule is C[C@H](Oc1cccc(Br)c1)C(=O)N1CC[C@H](CN)C1. The summed E-state index contributed by atoms with van der Waals surface area (Å²) in [7, 11) is 0. The molecule has 2 atom stereocenters. The number of halogens is 1. The number of hydrogen-bond acceptors (Lipinski definition) is 3. The van der Waals surface area contributed by atoms with E-state index in [1.807, 2.05) is 29.2 Å². The molecule has 1 aromatic rings. The van der Waals surface area contributed by atoms with Crippen molar-refractivity contribution in [3.63, 3.8) is 0 Å². The number of nitrogens with zero attached hydrogens (tertiary/aromatic N) is 1. The Balaban J connectivity index is 1.93. The molecule has 1 aromatic carbocycles. The molecule has 2 N–H and O–H groups in total. The Morgan fingerprint density at radius 2 is 2.42 bits per heavy atom. The van der Waals surface area contributed by atoms with Crippen LogP contribution in [0.2, 0.25) is 0 Å². The molecule has 0 aromatic heterocycles. The molecule has 5 heteroatoms. The van der Waals surface area contributed by atoms with Crippen molar-refractivity contribution in [3.05, 3.63) is 28.7 Å². The number of nitrogens with two attached hydrogens (primary N) is 1. The van der Waals surface area contributed by atoms with Crippen molar-refractivity contribution in [1.82, 2.24) is 4.90 Å². The van der Waals surface area contributed by atoms with Gasteiger partial charge in [0.2, 0.25) is 0 Å². The fourth-order valence-corrected chi connectivity index (χ4v) is 2.66. The molecule has 0 saturated carbocycles. The van der Waals surface area contributed by atoms with Crippen LogP contribution in [0.4, 0.5) is 0 Å². The van der Waals surface area contributed by atoms with Gasteiger partial charge in [-0.05, 0) is 44.0 Å². The summed E-state index contributed by atoms with van der Waals surface area (Å²) in [5.41, 5.74) is 5.64. The topological polar surface area (TPSA) is 55.6 Å². The van der Waals surface area contributed by atoms with Gasteiger partial charge in [-0.15, -0.1) is 0 Å². The van der Waals surface area contributed by atoms with Crippen molar-refractivity contribution < 1.29 is 9.53 Å². The van der Waals surface area contributed by atoms with Crippen LogP contribution < -0.4 is 10.5 Å². The second-order valence-electron chi connectivity index (χ2n) is 4.89. The standard InChI is InChI=1S/C14H19BrN2O2/c1-10(19-13-4-2-3-12(15)7-13)14(18)17-6-5-11(8-16)9-17/h2-4,7,10-11H,5-6,8-9,16H2,1H3/t10-,11+/m0/s1. The van der Waals surface area contributed by atoms with E-state index in [-0.39, 0.29) is 5.91 Å². The molecule has 0 unspecified atom stereocenters. The Kier molecular flexibility index (Phi) is 4.82. The minimum Gasteiger partial charge on any atom is -0.481 e. The maximum absolute atomic E-state index is 12.2. The summed E-state index contributed by atoms with van der Waals surface area (Å²) in [6.45, 7) is 3.97. The van der Waals surface area contributed by atoms with Gasteiger partial charge in [0, 0.05) is 17.6 Å². The van der Waals surface area contributed by atoms with Crippen molar-refractivity contribution in [2.75, 3.05) is 19.6 Å². The van der Waals surface area contributed by atoms with Gasteiger partial charge in [0.1, 0.15) is 5.75 Å². The van der Waals surface area contributed by atoms with Crippen LogP contribution in [-0.4, -0.2) is 36.5 Å². The fourth-order valence-electron chi connectivity index (χ4n) is 2.28. The van der Waals surface area contributed by atoms with Crippen LogP contribution in [0.1, 0.15) is 13.3 Å². The van der Waals surface area contributed by atoms with Gasteiger partial charge in [-0.1, -0.05) is 22.0 Å². The predicted molar refractivity (Wildman–Crippen MR) is 78.0 cm³/mol. The summed E-state index contributed by atoms with van der Waals surface area (Å²) < 4.78 is 6.62. The molecule has 19 heavy (non-hydrogen) atoms. The Hall–Kier alpha value is -1.07. The van der Waals surface area contributed by atoms with E-state index in [9.17, 15) is 4.79 Å². The van der Waals surface area contributed by atoms with E-state index < -0.39 is 6.10 Å². The van der Waals surface area contributed by atoms with Crippen molar-refractivity contribution in [2.24, 2.45) is 11.7 Å². The molecular formula is C14H19BrN2O2. The summed E-state index contributed by atoms with van der Waals surface area (Å²) in [6, 6.07) is 7.51. The average molecular weight is 327 g/mol. The van der Waals surface area contributed by atoms with Crippen LogP contribution in [0.3, 0.4) is 0 Å². The molecule has 0 spiro atoms. The lowest BCUT2D eigenvalue weighted by Crippen LogP contribution is -2.39. The van der Waals surface area contributed by atoms with Crippen LogP contribution in [0, 0.1) is 5.92 Å². The van der Waals surface area contributed by atoms with Gasteiger partial charge in [-0.25, -0.2) is 0 Å². The molecule has 2 rings (SSSR count). The van der Waals surface area contributed by atoms with Gasteiger partial charge in [0.25, 0.3) is 5.91 Å². The zero-order valence-corrected chi connectivity index (χ0v) is 12.6. The number of amides is 1. The van der Waals surface area contributed by atoms with Gasteiger partial charge >= 0.3 is 0 Å². The highest BCUT2D eigenvalue weighted by molar-refractivity contribution is 9.10. The van der Waals surface area contributed by atoms with E-state index in [1.54, 1.807) is 6.92 Å². The molecule has 1 amide bonds. The minimum absolute atomic E-state index is 0.0379. The molecule has 1 aliphatic rings. The second kappa shape index (κ2) is 6.39. The molecule has 0 radical (unpaired) electrons. The maximum atomic E-state index is 12.2. The molecule has 0 aliphatic carbocycles. The van der Waals surface area contributed by atoms with Crippen molar-refractivity contribution in [3.8, 4) is 5.75 Å². The van der Waals surface area contributed by atoms with Crippen LogP contribution in [0.5, 0.6) is 5.75 Å². The van der Waals surface area contributed by atoms with Crippen molar-refractivity contribution >= 4 is 21.8 Å². The largest absolute Gasteiger partial charge is 0.481 e. The normalized spacial score (nSPS) is 20.4. The highest BCUT2D eigenvalue weighted by Gasteiger charge is 2.29. The van der Waals surface area contributed by atoms with Crippen LogP contribution >= 0.6 is 15.9 Å². The Morgan fingerprint density at radius 1 is 1.63 bits per heavy atom. The first kappa shape index (κ1) is 14.3. The van der Waals surface area contributed by atoms with E-state index in [0.29, 0.717) is 18.2 Å². The van der Waals surface area contributed by atoms with E-state index >= 15 is 0 Å². The first-order chi connectivity index (χ1) is 9.10. The monoisotopic (exact) mass is 326 g/mol. The van der Waals surface area contributed by atoms with E-state index in [2.05, 4.69) is 15.9 Å². The maximum Gasteiger partial charge on any atom is 0.263 e. The molecule has 1 fully saturated rings. The molecule has 1 saturated heterocycles. The van der Waals surface area contributed by atoms with E-state index in [4.69, 9.17) is 10.5 Å². The number of likely N-dealkylation sites (tertiary alicyclic amines) is 1. The fraction of sp³-hybridized carbons (Fsp3) is 0.500. The third-order valence-corrected chi connectivity index (χ3v) is 3.88. The first-order valence-electron chi connectivity index (χ1n) is 6.51. The van der Waals surface area contributed by atoms with Crippen LogP contribution in [0.15, 0.2) is 28.7 Å². The summed E-state index contributed by atoms with van der Waals surface area (Å²) in [6.07, 6.45) is 0.525. The van der Waals surface area contributed by atoms with Gasteiger partial charge in [0.05, 0.1) is 0 Å². The molecule has 0 bridgehead atoms. The summed E-state index contributed by atoms with van der Waals surface area (Å²) in [5, 5.41) is 0. The molecule has 1 aliphatic heterocycles. The highest BCUT2D eigenvalue weighted by atomic mass is 79.9. The lowest BCUT2D eigenvalue weighted by atomic mass is 10.1. The lowest BCUT2D eigenvalue weighted by Gasteiger charge is -2.21. The Morgan fingerprint density at radius 3 is 3.05 bits per heavy atom. The van der Waals surface area contributed by atoms with Crippen molar-refractivity contribution in [2.45, 2.75) is 19.4 Å². The third-order valence-electron chi connectivity index (χ3n) is 3.39. The van der Waals surface area contributed by atoms with Gasteiger partial charge in [0.15, 0.2) is 6.10 Å². The molecule has 4 nitrogen and oxygen atoms in total. The zero-order valence-electron chi connectivity index (χ0n) is 11.0. The highest BCUT2D eigenvalue weighted by Crippen LogP contribution is 2.21. The summed E-state index contributed by atoms with van der Waals surface area (Å²) in [5.74, 6) is 1.17. The molecule has 1 heterocycles. The van der Waals surface area contributed by atoms with Gasteiger partial charge in [-0.2, -0.15) is 0 Å². The predicted octanol–water partition coefficient (Wildman–Crippen LogP) is 2.02. The van der Waals surface area contributed by atoms with Crippen LogP contribution in [0.25, 0.3) is 0 Å². The lowest BCUT2D eigenvalue weighted by molar-refractivity contribution is -0.136. The van der Waals surface area contributed by atoms with Crippen molar-refractivity contribution in [1.29, 1.82) is 0 Å². The quantitative estimate of drug-likeness (QED) is 0.921. The van der Waals surface area contributed by atoms with Gasteiger partial charge < -0.3 is 15.4 Å². The number of ether oxygens (including phenoxy) is 1. The van der Waals surface area contributed by atoms with E-state index in [1.165, 1.54) is 0 Å². The first-order valence-corrected chi connectivity index (χ1v) is 7.30. The average Bonchev–Trinajstić information content (AvgIpc) is 2.86. The number of benzene rings is 1. The number of rotatable bonds is 4. The molecule has 104 valence electrons. The number of carbonyl (C=O) groups is 1. The minimum atomic E-state index is -0.467. The second-order valence-corrected chi connectivity index (χ2v) is 5.81. The summed E-state index contributed by atoms with van der Waals surface area (Å²) >= 11 is 3.38. The van der Waals surface area contributed by atoms with Gasteiger partial charge in [-0.3, -0.25) is 4.79 Å². The number of hydrogen-bond donors (Lipinski definition) is 1. The molecular weight excluding hydrogens is 308 g/mol. The smallest absolute Gasteiger partial charge is 0.263 e. The van der Waals surface area contributed by atoms with Crippen LogP contribution in [-0.2, 0) is 4.79 Å². The summed E-state index contributed by atoms with van der Waals surface area (Å²) in [4.78, 5) is 14.1.